The molecule has 2 bridgehead atoms. The van der Waals surface area contributed by atoms with E-state index in [0.717, 1.165) is 25.7 Å². The summed E-state index contributed by atoms with van der Waals surface area (Å²) in [6.07, 6.45) is 4.04. The number of piperidine rings is 1. The molecule has 136 valence electrons. The number of rotatable bonds is 5. The predicted octanol–water partition coefficient (Wildman–Crippen LogP) is 2.03. The number of ether oxygens (including phenoxy) is 2. The summed E-state index contributed by atoms with van der Waals surface area (Å²) in [5.74, 6) is 0.946. The van der Waals surface area contributed by atoms with Gasteiger partial charge in [0.1, 0.15) is 0 Å². The molecule has 0 radical (unpaired) electrons. The number of hydrogen-bond donors (Lipinski definition) is 1. The molecule has 2 aliphatic heterocycles. The minimum Gasteiger partial charge on any atom is -0.493 e. The average Bonchev–Trinajstić information content (AvgIpc) is 2.91. The highest BCUT2D eigenvalue weighted by Crippen LogP contribution is 2.34. The molecule has 0 aliphatic carbocycles. The highest BCUT2D eigenvalue weighted by atomic mass is 35.5. The number of nitrogens with zero attached hydrogens (tertiary/aromatic N) is 1. The van der Waals surface area contributed by atoms with Gasteiger partial charge in [-0.1, -0.05) is 0 Å². The van der Waals surface area contributed by atoms with Gasteiger partial charge >= 0.3 is 0 Å². The monoisotopic (exact) mass is 376 g/mol. The van der Waals surface area contributed by atoms with Crippen LogP contribution in [0, 0.1) is 0 Å². The van der Waals surface area contributed by atoms with Crippen LogP contribution < -0.4 is 14.8 Å². The standard InChI is InChI=1S/C16H24N2O4S.ClH/c1-18(13-8-11-4-5-12(9-13)17-11)23(19,20)14-6-7-15(21-2)16(10-14)22-3;/h6-7,10-13,17H,4-5,8-9H2,1-3H3;1H. The quantitative estimate of drug-likeness (QED) is 0.851. The summed E-state index contributed by atoms with van der Waals surface area (Å²) in [6, 6.07) is 5.67. The van der Waals surface area contributed by atoms with E-state index in [2.05, 4.69) is 5.32 Å². The summed E-state index contributed by atoms with van der Waals surface area (Å²) < 4.78 is 37.8. The number of benzene rings is 1. The SMILES string of the molecule is COc1ccc(S(=O)(=O)N(C)C2CC3CCC(C2)N3)cc1OC.Cl. The van der Waals surface area contributed by atoms with Gasteiger partial charge in [0.25, 0.3) is 0 Å². The van der Waals surface area contributed by atoms with Crippen molar-refractivity contribution in [2.24, 2.45) is 0 Å². The van der Waals surface area contributed by atoms with Crippen LogP contribution in [0.4, 0.5) is 0 Å². The van der Waals surface area contributed by atoms with Gasteiger partial charge in [-0.05, 0) is 37.8 Å². The zero-order valence-corrected chi connectivity index (χ0v) is 15.8. The van der Waals surface area contributed by atoms with E-state index in [1.54, 1.807) is 19.2 Å². The summed E-state index contributed by atoms with van der Waals surface area (Å²) in [5.41, 5.74) is 0. The lowest BCUT2D eigenvalue weighted by Crippen LogP contribution is -2.48. The molecule has 2 atom stereocenters. The fourth-order valence-corrected chi connectivity index (χ4v) is 5.06. The smallest absolute Gasteiger partial charge is 0.243 e. The van der Waals surface area contributed by atoms with Crippen molar-refractivity contribution in [1.82, 2.24) is 9.62 Å². The van der Waals surface area contributed by atoms with E-state index < -0.39 is 10.0 Å². The highest BCUT2D eigenvalue weighted by molar-refractivity contribution is 7.89. The van der Waals surface area contributed by atoms with Crippen molar-refractivity contribution in [1.29, 1.82) is 0 Å². The van der Waals surface area contributed by atoms with Gasteiger partial charge in [0, 0.05) is 31.2 Å². The number of nitrogens with one attached hydrogen (secondary N) is 1. The van der Waals surface area contributed by atoms with Gasteiger partial charge in [0.2, 0.25) is 10.0 Å². The van der Waals surface area contributed by atoms with Crippen molar-refractivity contribution >= 4 is 22.4 Å². The second-order valence-electron chi connectivity index (χ2n) is 6.30. The van der Waals surface area contributed by atoms with Crippen LogP contribution in [-0.4, -0.2) is 52.1 Å². The minimum atomic E-state index is -3.55. The fourth-order valence-electron chi connectivity index (χ4n) is 3.66. The second kappa shape index (κ2) is 7.47. The fraction of sp³-hybridized carbons (Fsp3) is 0.625. The summed E-state index contributed by atoms with van der Waals surface area (Å²) in [4.78, 5) is 0.239. The molecule has 2 heterocycles. The first-order valence-electron chi connectivity index (χ1n) is 7.92. The van der Waals surface area contributed by atoms with Crippen molar-refractivity contribution in [3.63, 3.8) is 0 Å². The lowest BCUT2D eigenvalue weighted by molar-refractivity contribution is 0.251. The van der Waals surface area contributed by atoms with E-state index in [-0.39, 0.29) is 23.3 Å². The summed E-state index contributed by atoms with van der Waals surface area (Å²) in [7, 11) is 1.17. The maximum Gasteiger partial charge on any atom is 0.243 e. The molecule has 6 nitrogen and oxygen atoms in total. The molecule has 0 saturated carbocycles. The maximum atomic E-state index is 12.9. The minimum absolute atomic E-state index is 0. The molecule has 1 aromatic rings. The molecule has 2 aliphatic rings. The third-order valence-corrected chi connectivity index (χ3v) is 6.90. The van der Waals surface area contributed by atoms with Crippen molar-refractivity contribution in [2.45, 2.75) is 48.7 Å². The van der Waals surface area contributed by atoms with Crippen molar-refractivity contribution < 1.29 is 17.9 Å². The molecule has 0 aromatic heterocycles. The molecule has 2 fully saturated rings. The van der Waals surface area contributed by atoms with Gasteiger partial charge in [-0.15, -0.1) is 12.4 Å². The van der Waals surface area contributed by atoms with E-state index >= 15 is 0 Å². The van der Waals surface area contributed by atoms with E-state index in [1.165, 1.54) is 24.6 Å². The van der Waals surface area contributed by atoms with Gasteiger partial charge in [-0.25, -0.2) is 8.42 Å². The van der Waals surface area contributed by atoms with Crippen LogP contribution in [0.2, 0.25) is 0 Å². The third-order valence-electron chi connectivity index (χ3n) is 4.99. The van der Waals surface area contributed by atoms with Crippen LogP contribution in [-0.2, 0) is 10.0 Å². The van der Waals surface area contributed by atoms with Crippen molar-refractivity contribution in [2.75, 3.05) is 21.3 Å². The largest absolute Gasteiger partial charge is 0.493 e. The number of sulfonamides is 1. The van der Waals surface area contributed by atoms with Gasteiger partial charge in [-0.3, -0.25) is 0 Å². The molecule has 8 heteroatoms. The van der Waals surface area contributed by atoms with Gasteiger partial charge in [0.05, 0.1) is 19.1 Å². The molecule has 1 aromatic carbocycles. The molecule has 0 amide bonds. The Morgan fingerprint density at radius 3 is 2.21 bits per heavy atom. The van der Waals surface area contributed by atoms with Gasteiger partial charge in [0.15, 0.2) is 11.5 Å². The summed E-state index contributed by atoms with van der Waals surface area (Å²) in [5, 5.41) is 3.54. The number of fused-ring (bicyclic) bond motifs is 2. The van der Waals surface area contributed by atoms with Crippen LogP contribution in [0.5, 0.6) is 11.5 Å². The van der Waals surface area contributed by atoms with Crippen LogP contribution >= 0.6 is 12.4 Å². The summed E-state index contributed by atoms with van der Waals surface area (Å²) in [6.45, 7) is 0. The lowest BCUT2D eigenvalue weighted by atomic mass is 10.0. The van der Waals surface area contributed by atoms with Crippen LogP contribution in [0.15, 0.2) is 23.1 Å². The van der Waals surface area contributed by atoms with Crippen LogP contribution in [0.3, 0.4) is 0 Å². The Hall–Kier alpha value is -1.02. The normalized spacial score (nSPS) is 26.1. The molecule has 24 heavy (non-hydrogen) atoms. The molecule has 0 spiro atoms. The third kappa shape index (κ3) is 3.49. The maximum absolute atomic E-state index is 12.9. The first-order chi connectivity index (χ1) is 11.0. The molecular weight excluding hydrogens is 352 g/mol. The second-order valence-corrected chi connectivity index (χ2v) is 8.30. The Morgan fingerprint density at radius 2 is 1.67 bits per heavy atom. The Labute approximate surface area is 150 Å². The highest BCUT2D eigenvalue weighted by Gasteiger charge is 2.38. The van der Waals surface area contributed by atoms with Crippen LogP contribution in [0.1, 0.15) is 25.7 Å². The number of methoxy groups -OCH3 is 2. The summed E-state index contributed by atoms with van der Waals surface area (Å²) >= 11 is 0. The van der Waals surface area contributed by atoms with Crippen molar-refractivity contribution in [3.8, 4) is 11.5 Å². The zero-order chi connectivity index (χ0) is 16.6. The van der Waals surface area contributed by atoms with Gasteiger partial charge < -0.3 is 14.8 Å². The zero-order valence-electron chi connectivity index (χ0n) is 14.2. The molecule has 1 N–H and O–H groups in total. The Kier molecular flexibility index (Phi) is 6.01. The van der Waals surface area contributed by atoms with E-state index in [9.17, 15) is 8.42 Å². The number of halogens is 1. The Morgan fingerprint density at radius 1 is 1.08 bits per heavy atom. The van der Waals surface area contributed by atoms with E-state index in [0.29, 0.717) is 23.6 Å². The first kappa shape index (κ1) is 19.3. The Bertz CT molecular complexity index is 671. The predicted molar refractivity (Wildman–Crippen MR) is 94.7 cm³/mol. The average molecular weight is 377 g/mol. The van der Waals surface area contributed by atoms with Crippen LogP contribution in [0.25, 0.3) is 0 Å². The Balaban J connectivity index is 0.00000208. The van der Waals surface area contributed by atoms with E-state index in [4.69, 9.17) is 9.47 Å². The first-order valence-corrected chi connectivity index (χ1v) is 9.36. The molecule has 2 unspecified atom stereocenters. The molecular formula is C16H25ClN2O4S. The lowest BCUT2D eigenvalue weighted by Gasteiger charge is -2.34. The molecule has 2 saturated heterocycles. The number of hydrogen-bond acceptors (Lipinski definition) is 5. The van der Waals surface area contributed by atoms with Gasteiger partial charge in [-0.2, -0.15) is 4.31 Å². The van der Waals surface area contributed by atoms with Crippen molar-refractivity contribution in [3.05, 3.63) is 18.2 Å². The molecule has 3 rings (SSSR count). The topological polar surface area (TPSA) is 67.9 Å². The van der Waals surface area contributed by atoms with E-state index in [1.807, 2.05) is 0 Å².